The van der Waals surface area contributed by atoms with Crippen LogP contribution >= 0.6 is 11.3 Å². The molecule has 5 aromatic rings. The fourth-order valence-electron chi connectivity index (χ4n) is 4.82. The maximum atomic E-state index is 12.9. The van der Waals surface area contributed by atoms with Gasteiger partial charge in [0.15, 0.2) is 0 Å². The summed E-state index contributed by atoms with van der Waals surface area (Å²) in [6.45, 7) is 0.599. The Morgan fingerprint density at radius 1 is 0.860 bits per heavy atom. The average molecular weight is 595 g/mol. The highest BCUT2D eigenvalue weighted by atomic mass is 32.1. The Morgan fingerprint density at radius 3 is 2.23 bits per heavy atom. The zero-order valence-corrected chi connectivity index (χ0v) is 23.9. The van der Waals surface area contributed by atoms with Gasteiger partial charge >= 0.3 is 16.8 Å². The Bertz CT molecular complexity index is 1840. The van der Waals surface area contributed by atoms with Gasteiger partial charge in [-0.2, -0.15) is 0 Å². The number of nitrogens with zero attached hydrogens (tertiary/aromatic N) is 2. The van der Waals surface area contributed by atoms with E-state index in [0.717, 1.165) is 43.8 Å². The van der Waals surface area contributed by atoms with Crippen molar-refractivity contribution in [1.82, 2.24) is 4.57 Å². The number of oxime groups is 1. The summed E-state index contributed by atoms with van der Waals surface area (Å²) in [6, 6.07) is 30.8. The molecule has 0 radical (unpaired) electrons. The van der Waals surface area contributed by atoms with Crippen molar-refractivity contribution >= 4 is 39.2 Å². The Balaban J connectivity index is 1.14. The second-order valence-electron chi connectivity index (χ2n) is 9.67. The van der Waals surface area contributed by atoms with Gasteiger partial charge in [-0.1, -0.05) is 77.2 Å². The Labute approximate surface area is 250 Å². The van der Waals surface area contributed by atoms with Crippen LogP contribution < -0.4 is 9.61 Å². The van der Waals surface area contributed by atoms with Crippen molar-refractivity contribution in [3.63, 3.8) is 0 Å². The molecule has 1 saturated heterocycles. The highest BCUT2D eigenvalue weighted by Crippen LogP contribution is 2.27. The van der Waals surface area contributed by atoms with Crippen LogP contribution in [0.4, 0.5) is 0 Å². The van der Waals surface area contributed by atoms with Crippen molar-refractivity contribution in [2.24, 2.45) is 5.16 Å². The monoisotopic (exact) mass is 594 g/mol. The van der Waals surface area contributed by atoms with E-state index >= 15 is 0 Å². The molecule has 0 aliphatic carbocycles. The molecule has 0 amide bonds. The molecule has 0 N–H and O–H groups in total. The maximum absolute atomic E-state index is 12.9. The van der Waals surface area contributed by atoms with E-state index in [0.29, 0.717) is 23.6 Å². The lowest BCUT2D eigenvalue weighted by Crippen LogP contribution is -2.26. The lowest BCUT2D eigenvalue weighted by atomic mass is 9.99. The molecule has 10 heteroatoms. The number of hydrogen-bond acceptors (Lipinski definition) is 9. The van der Waals surface area contributed by atoms with Gasteiger partial charge in [-0.15, -0.1) is 0 Å². The minimum atomic E-state index is -1.06. The number of thiazole rings is 1. The van der Waals surface area contributed by atoms with Crippen molar-refractivity contribution in [2.75, 3.05) is 13.7 Å². The quantitative estimate of drug-likeness (QED) is 0.0934. The van der Waals surface area contributed by atoms with Crippen LogP contribution in [0, 0.1) is 0 Å². The third kappa shape index (κ3) is 6.19. The Kier molecular flexibility index (Phi) is 8.01. The number of ether oxygens (including phenoxy) is 3. The molecule has 1 aliphatic heterocycles. The molecule has 43 heavy (non-hydrogen) atoms. The van der Waals surface area contributed by atoms with Crippen molar-refractivity contribution in [2.45, 2.75) is 19.3 Å². The predicted octanol–water partition coefficient (Wildman–Crippen LogP) is 5.70. The summed E-state index contributed by atoms with van der Waals surface area (Å²) in [6.07, 6.45) is -1.45. The van der Waals surface area contributed by atoms with Crippen molar-refractivity contribution < 1.29 is 28.6 Å². The van der Waals surface area contributed by atoms with Crippen LogP contribution in [0.15, 0.2) is 107 Å². The summed E-state index contributed by atoms with van der Waals surface area (Å²) in [5, 5.41) is 4.30. The summed E-state index contributed by atoms with van der Waals surface area (Å²) in [5.74, 6) is -0.686. The van der Waals surface area contributed by atoms with E-state index in [1.54, 1.807) is 28.8 Å². The molecule has 0 spiro atoms. The zero-order chi connectivity index (χ0) is 29.8. The molecule has 1 fully saturated rings. The number of fused-ring (bicyclic) bond motifs is 1. The van der Waals surface area contributed by atoms with E-state index in [1.807, 2.05) is 48.5 Å². The Hall–Kier alpha value is -5.22. The van der Waals surface area contributed by atoms with Crippen LogP contribution in [-0.2, 0) is 30.4 Å². The van der Waals surface area contributed by atoms with E-state index < -0.39 is 18.2 Å². The van der Waals surface area contributed by atoms with Gasteiger partial charge in [0.25, 0.3) is 6.29 Å². The van der Waals surface area contributed by atoms with Gasteiger partial charge in [-0.25, -0.2) is 0 Å². The van der Waals surface area contributed by atoms with Gasteiger partial charge in [0, 0.05) is 16.7 Å². The highest BCUT2D eigenvalue weighted by Gasteiger charge is 2.29. The van der Waals surface area contributed by atoms with Gasteiger partial charge in [0.1, 0.15) is 31.6 Å². The average Bonchev–Trinajstić information content (AvgIpc) is 3.34. The molecule has 1 aliphatic rings. The van der Waals surface area contributed by atoms with Gasteiger partial charge in [0.05, 0.1) is 16.8 Å². The minimum Gasteiger partial charge on any atom is -0.492 e. The molecule has 1 aromatic heterocycles. The second kappa shape index (κ2) is 12.3. The summed E-state index contributed by atoms with van der Waals surface area (Å²) >= 11 is 1.16. The first kappa shape index (κ1) is 27.9. The van der Waals surface area contributed by atoms with Crippen LogP contribution in [0.5, 0.6) is 5.75 Å². The SMILES string of the molecule is CON=C(c1ccc(-c2ccccc2)cc1)c1ccc2c(c1)sc(=O)n2CCOc1ccc(C2OC(=O)CC(=O)O2)cc1. The smallest absolute Gasteiger partial charge is 0.320 e. The van der Waals surface area contributed by atoms with E-state index in [9.17, 15) is 14.4 Å². The summed E-state index contributed by atoms with van der Waals surface area (Å²) in [5.41, 5.74) is 5.95. The van der Waals surface area contributed by atoms with Crippen molar-refractivity contribution in [3.05, 3.63) is 123 Å². The van der Waals surface area contributed by atoms with Crippen LogP contribution in [0.2, 0.25) is 0 Å². The summed E-state index contributed by atoms with van der Waals surface area (Å²) < 4.78 is 18.5. The van der Waals surface area contributed by atoms with Gasteiger partial charge in [-0.05, 0) is 47.5 Å². The normalized spacial score (nSPS) is 13.9. The number of carbonyl (C=O) groups is 2. The van der Waals surface area contributed by atoms with Gasteiger partial charge < -0.3 is 19.0 Å². The van der Waals surface area contributed by atoms with E-state index in [-0.39, 0.29) is 17.9 Å². The minimum absolute atomic E-state index is 0.0931. The lowest BCUT2D eigenvalue weighted by Gasteiger charge is -2.22. The molecular weight excluding hydrogens is 568 g/mol. The summed E-state index contributed by atoms with van der Waals surface area (Å²) in [7, 11) is 1.51. The Morgan fingerprint density at radius 2 is 1.53 bits per heavy atom. The second-order valence-corrected chi connectivity index (χ2v) is 10.7. The topological polar surface area (TPSA) is 105 Å². The molecular formula is C33H26N2O7S. The number of carbonyl (C=O) groups excluding carboxylic acids is 2. The maximum Gasteiger partial charge on any atom is 0.320 e. The standard InChI is InChI=1S/C33H26N2O7S/c1-39-34-31(23-9-7-22(8-10-23)21-5-3-2-4-6-21)25-13-16-27-28(19-25)43-33(38)35(27)17-18-40-26-14-11-24(12-15-26)32-41-29(36)20-30(37)42-32/h2-16,19,32H,17-18,20H2,1H3. The van der Waals surface area contributed by atoms with E-state index in [1.165, 1.54) is 7.11 Å². The predicted molar refractivity (Wildman–Crippen MR) is 162 cm³/mol. The number of benzene rings is 4. The zero-order valence-electron chi connectivity index (χ0n) is 23.1. The fourth-order valence-corrected chi connectivity index (χ4v) is 5.77. The number of rotatable bonds is 9. The highest BCUT2D eigenvalue weighted by molar-refractivity contribution is 7.16. The molecule has 0 saturated carbocycles. The lowest BCUT2D eigenvalue weighted by molar-refractivity contribution is -0.204. The molecule has 2 heterocycles. The first-order valence-electron chi connectivity index (χ1n) is 13.5. The molecule has 4 aromatic carbocycles. The third-order valence-electron chi connectivity index (χ3n) is 6.89. The van der Waals surface area contributed by atoms with Crippen LogP contribution in [0.1, 0.15) is 29.4 Å². The van der Waals surface area contributed by atoms with Crippen molar-refractivity contribution in [1.29, 1.82) is 0 Å². The third-order valence-corrected chi connectivity index (χ3v) is 7.83. The largest absolute Gasteiger partial charge is 0.492 e. The number of aromatic nitrogens is 1. The van der Waals surface area contributed by atoms with Crippen LogP contribution in [0.3, 0.4) is 0 Å². The summed E-state index contributed by atoms with van der Waals surface area (Å²) in [4.78, 5) is 41.0. The molecule has 0 unspecified atom stereocenters. The van der Waals surface area contributed by atoms with Crippen LogP contribution in [0.25, 0.3) is 21.3 Å². The molecule has 216 valence electrons. The van der Waals surface area contributed by atoms with Gasteiger partial charge in [-0.3, -0.25) is 19.0 Å². The van der Waals surface area contributed by atoms with Gasteiger partial charge in [0.2, 0.25) is 0 Å². The van der Waals surface area contributed by atoms with E-state index in [4.69, 9.17) is 19.0 Å². The first-order chi connectivity index (χ1) is 21.0. The van der Waals surface area contributed by atoms with E-state index in [2.05, 4.69) is 29.4 Å². The number of esters is 2. The number of hydrogen-bond donors (Lipinski definition) is 0. The fraction of sp³-hybridized carbons (Fsp3) is 0.152. The molecule has 0 atom stereocenters. The molecule has 6 rings (SSSR count). The number of cyclic esters (lactones) is 2. The molecule has 0 bridgehead atoms. The molecule has 9 nitrogen and oxygen atoms in total. The first-order valence-corrected chi connectivity index (χ1v) is 14.3. The van der Waals surface area contributed by atoms with Crippen molar-refractivity contribution in [3.8, 4) is 16.9 Å². The van der Waals surface area contributed by atoms with Crippen LogP contribution in [-0.4, -0.2) is 35.9 Å².